The number of halogens is 1. The van der Waals surface area contributed by atoms with Crippen molar-refractivity contribution >= 4 is 23.3 Å². The van der Waals surface area contributed by atoms with Crippen LogP contribution in [0.4, 0.5) is 10.5 Å². The summed E-state index contributed by atoms with van der Waals surface area (Å²) in [6.45, 7) is 4.43. The highest BCUT2D eigenvalue weighted by Gasteiger charge is 2.38. The first-order chi connectivity index (χ1) is 10.3. The third kappa shape index (κ3) is 3.72. The first-order valence-corrected chi connectivity index (χ1v) is 7.78. The van der Waals surface area contributed by atoms with E-state index in [0.717, 1.165) is 18.4 Å². The molecule has 122 valence electrons. The highest BCUT2D eigenvalue weighted by molar-refractivity contribution is 6.31. The zero-order chi connectivity index (χ0) is 16.3. The van der Waals surface area contributed by atoms with E-state index in [0.29, 0.717) is 23.9 Å². The number of likely N-dealkylation sites (tertiary alicyclic amines) is 1. The van der Waals surface area contributed by atoms with Gasteiger partial charge in [-0.25, -0.2) is 4.79 Å². The number of hydrogen-bond donors (Lipinski definition) is 2. The summed E-state index contributed by atoms with van der Waals surface area (Å²) in [5.41, 5.74) is 0.470. The normalized spacial score (nSPS) is 18.6. The Bertz CT molecular complexity index is 543. The molecule has 1 aliphatic rings. The van der Waals surface area contributed by atoms with Crippen LogP contribution in [0, 0.1) is 0 Å². The average molecular weight is 327 g/mol. The molecule has 2 rings (SSSR count). The zero-order valence-corrected chi connectivity index (χ0v) is 14.0. The van der Waals surface area contributed by atoms with Crippen LogP contribution in [0.2, 0.25) is 5.02 Å². The quantitative estimate of drug-likeness (QED) is 0.892. The summed E-state index contributed by atoms with van der Waals surface area (Å²) < 4.78 is 5.14. The highest BCUT2D eigenvalue weighted by atomic mass is 35.5. The topological polar surface area (TPSA) is 61.8 Å². The molecule has 1 aliphatic heterocycles. The summed E-state index contributed by atoms with van der Waals surface area (Å²) in [5, 5.41) is 13.7. The molecule has 1 atom stereocenters. The molecule has 5 nitrogen and oxygen atoms in total. The lowest BCUT2D eigenvalue weighted by Crippen LogP contribution is -2.49. The van der Waals surface area contributed by atoms with Crippen molar-refractivity contribution in [3.8, 4) is 0 Å². The van der Waals surface area contributed by atoms with Gasteiger partial charge in [-0.05, 0) is 38.8 Å². The van der Waals surface area contributed by atoms with Crippen molar-refractivity contribution in [3.05, 3.63) is 28.8 Å². The number of nitrogens with zero attached hydrogens (tertiary/aromatic N) is 1. The van der Waals surface area contributed by atoms with Gasteiger partial charge in [0.05, 0.1) is 18.2 Å². The smallest absolute Gasteiger partial charge is 0.322 e. The first kappa shape index (κ1) is 17.1. The summed E-state index contributed by atoms with van der Waals surface area (Å²) in [6, 6.07) is 4.95. The number of rotatable bonds is 4. The number of amides is 2. The lowest BCUT2D eigenvalue weighted by Gasteiger charge is -2.34. The Morgan fingerprint density at radius 3 is 2.91 bits per heavy atom. The molecule has 1 fully saturated rings. The largest absolute Gasteiger partial charge is 0.388 e. The van der Waals surface area contributed by atoms with Crippen LogP contribution in [-0.4, -0.2) is 41.3 Å². The highest BCUT2D eigenvalue weighted by Crippen LogP contribution is 2.29. The first-order valence-electron chi connectivity index (χ1n) is 7.41. The summed E-state index contributed by atoms with van der Waals surface area (Å²) in [7, 11) is 1.58. The van der Waals surface area contributed by atoms with E-state index in [9.17, 15) is 9.90 Å². The summed E-state index contributed by atoms with van der Waals surface area (Å²) in [6.07, 6.45) is 1.69. The maximum absolute atomic E-state index is 12.6. The molecular formula is C16H23ClN2O3. The average Bonchev–Trinajstić information content (AvgIpc) is 2.92. The Hall–Kier alpha value is -1.30. The van der Waals surface area contributed by atoms with Gasteiger partial charge in [0, 0.05) is 29.9 Å². The second-order valence-corrected chi connectivity index (χ2v) is 6.54. The molecule has 22 heavy (non-hydrogen) atoms. The predicted octanol–water partition coefficient (Wildman–Crippen LogP) is 3.25. The van der Waals surface area contributed by atoms with Crippen molar-refractivity contribution in [1.29, 1.82) is 0 Å². The van der Waals surface area contributed by atoms with Crippen LogP contribution in [0.15, 0.2) is 18.2 Å². The molecule has 2 N–H and O–H groups in total. The van der Waals surface area contributed by atoms with Crippen LogP contribution in [0.5, 0.6) is 0 Å². The Balaban J connectivity index is 2.17. The number of nitrogens with one attached hydrogen (secondary N) is 1. The minimum Gasteiger partial charge on any atom is -0.388 e. The number of carbonyl (C=O) groups excluding carboxylic acids is 1. The van der Waals surface area contributed by atoms with Gasteiger partial charge in [-0.3, -0.25) is 0 Å². The number of aliphatic hydroxyl groups is 1. The van der Waals surface area contributed by atoms with E-state index in [4.69, 9.17) is 16.3 Å². The molecule has 2 amide bonds. The van der Waals surface area contributed by atoms with Gasteiger partial charge in [0.25, 0.3) is 0 Å². The molecule has 0 aromatic heterocycles. The van der Waals surface area contributed by atoms with Crippen LogP contribution >= 0.6 is 11.6 Å². The van der Waals surface area contributed by atoms with Gasteiger partial charge >= 0.3 is 6.03 Å². The number of benzene rings is 1. The van der Waals surface area contributed by atoms with Crippen molar-refractivity contribution in [2.75, 3.05) is 19.0 Å². The van der Waals surface area contributed by atoms with Crippen LogP contribution < -0.4 is 5.32 Å². The van der Waals surface area contributed by atoms with E-state index < -0.39 is 5.60 Å². The third-order valence-corrected chi connectivity index (χ3v) is 4.33. The van der Waals surface area contributed by atoms with Crippen LogP contribution in [0.1, 0.15) is 32.3 Å². The van der Waals surface area contributed by atoms with Gasteiger partial charge < -0.3 is 20.1 Å². The maximum Gasteiger partial charge on any atom is 0.322 e. The van der Waals surface area contributed by atoms with Crippen LogP contribution in [-0.2, 0) is 11.3 Å². The molecule has 0 unspecified atom stereocenters. The van der Waals surface area contributed by atoms with Gasteiger partial charge in [-0.15, -0.1) is 0 Å². The molecule has 1 aromatic carbocycles. The summed E-state index contributed by atoms with van der Waals surface area (Å²) in [4.78, 5) is 14.3. The maximum atomic E-state index is 12.6. The fraction of sp³-hybridized carbons (Fsp3) is 0.562. The number of urea groups is 1. The number of carbonyl (C=O) groups is 1. The van der Waals surface area contributed by atoms with Crippen molar-refractivity contribution in [1.82, 2.24) is 4.90 Å². The second kappa shape index (κ2) is 6.86. The lowest BCUT2D eigenvalue weighted by atomic mass is 9.97. The molecule has 6 heteroatoms. The fourth-order valence-corrected chi connectivity index (χ4v) is 3.13. The van der Waals surface area contributed by atoms with Crippen molar-refractivity contribution < 1.29 is 14.6 Å². The van der Waals surface area contributed by atoms with Crippen molar-refractivity contribution in [2.45, 2.75) is 44.9 Å². The fourth-order valence-electron chi connectivity index (χ4n) is 2.90. The molecule has 1 saturated heterocycles. The SMILES string of the molecule is COCc1c(Cl)cccc1NC(=O)N1CCC[C@H]1C(C)(C)O. The van der Waals surface area contributed by atoms with Crippen LogP contribution in [0.25, 0.3) is 0 Å². The molecule has 0 saturated carbocycles. The second-order valence-electron chi connectivity index (χ2n) is 6.13. The summed E-state index contributed by atoms with van der Waals surface area (Å²) >= 11 is 6.17. The number of ether oxygens (including phenoxy) is 1. The number of hydrogen-bond acceptors (Lipinski definition) is 3. The van der Waals surface area contributed by atoms with Gasteiger partial charge in [0.2, 0.25) is 0 Å². The Morgan fingerprint density at radius 2 is 2.27 bits per heavy atom. The van der Waals surface area contributed by atoms with Gasteiger partial charge in [-0.2, -0.15) is 0 Å². The number of methoxy groups -OCH3 is 1. The molecular weight excluding hydrogens is 304 g/mol. The molecule has 1 aromatic rings. The monoisotopic (exact) mass is 326 g/mol. The zero-order valence-electron chi connectivity index (χ0n) is 13.2. The van der Waals surface area contributed by atoms with Gasteiger partial charge in [0.15, 0.2) is 0 Å². The Labute approximate surface area is 136 Å². The van der Waals surface area contributed by atoms with Crippen LogP contribution in [0.3, 0.4) is 0 Å². The van der Waals surface area contributed by atoms with E-state index in [-0.39, 0.29) is 12.1 Å². The van der Waals surface area contributed by atoms with E-state index in [1.165, 1.54) is 0 Å². The predicted molar refractivity (Wildman–Crippen MR) is 87.2 cm³/mol. The third-order valence-electron chi connectivity index (χ3n) is 3.98. The molecule has 0 aliphatic carbocycles. The molecule has 0 spiro atoms. The van der Waals surface area contributed by atoms with Gasteiger partial charge in [0.1, 0.15) is 0 Å². The van der Waals surface area contributed by atoms with Crippen molar-refractivity contribution in [3.63, 3.8) is 0 Å². The minimum absolute atomic E-state index is 0.183. The van der Waals surface area contributed by atoms with E-state index in [2.05, 4.69) is 5.32 Å². The molecule has 0 radical (unpaired) electrons. The molecule has 1 heterocycles. The molecule has 0 bridgehead atoms. The van der Waals surface area contributed by atoms with E-state index >= 15 is 0 Å². The van der Waals surface area contributed by atoms with E-state index in [1.54, 1.807) is 44.1 Å². The Morgan fingerprint density at radius 1 is 1.55 bits per heavy atom. The Kier molecular flexibility index (Phi) is 5.32. The summed E-state index contributed by atoms with van der Waals surface area (Å²) in [5.74, 6) is 0. The lowest BCUT2D eigenvalue weighted by molar-refractivity contribution is 0.0117. The standard InChI is InChI=1S/C16H23ClN2O3/c1-16(2,21)14-8-5-9-19(14)15(20)18-13-7-4-6-12(17)11(13)10-22-3/h4,6-7,14,21H,5,8-10H2,1-3H3,(H,18,20)/t14-/m0/s1. The van der Waals surface area contributed by atoms with Gasteiger partial charge in [-0.1, -0.05) is 17.7 Å². The number of anilines is 1. The van der Waals surface area contributed by atoms with Crippen molar-refractivity contribution in [2.24, 2.45) is 0 Å². The van der Waals surface area contributed by atoms with E-state index in [1.807, 2.05) is 0 Å². The minimum atomic E-state index is -0.919.